The molecule has 1 unspecified atom stereocenters. The molecule has 0 radical (unpaired) electrons. The topological polar surface area (TPSA) is 49.4 Å². The van der Waals surface area contributed by atoms with Crippen molar-refractivity contribution < 1.29 is 9.59 Å². The Morgan fingerprint density at radius 3 is 2.16 bits per heavy atom. The van der Waals surface area contributed by atoms with Crippen LogP contribution in [0.2, 0.25) is 5.02 Å². The molecule has 0 fully saturated rings. The summed E-state index contributed by atoms with van der Waals surface area (Å²) in [6.07, 6.45) is 1.09. The van der Waals surface area contributed by atoms with Gasteiger partial charge in [0.15, 0.2) is 0 Å². The Morgan fingerprint density at radius 2 is 1.53 bits per heavy atom. The molecule has 1 N–H and O–H groups in total. The zero-order valence-corrected chi connectivity index (χ0v) is 19.3. The van der Waals surface area contributed by atoms with Crippen molar-refractivity contribution in [3.8, 4) is 0 Å². The van der Waals surface area contributed by atoms with E-state index in [4.69, 9.17) is 11.6 Å². The highest BCUT2D eigenvalue weighted by molar-refractivity contribution is 6.30. The van der Waals surface area contributed by atoms with E-state index in [1.165, 1.54) is 5.56 Å². The summed E-state index contributed by atoms with van der Waals surface area (Å²) in [4.78, 5) is 28.3. The smallest absolute Gasteiger partial charge is 0.247 e. The Hall–Kier alpha value is -3.11. The fourth-order valence-electron chi connectivity index (χ4n) is 3.57. The largest absolute Gasteiger partial charge is 0.350 e. The maximum atomic E-state index is 13.5. The molecule has 0 aliphatic rings. The second kappa shape index (κ2) is 11.5. The van der Waals surface area contributed by atoms with E-state index in [1.54, 1.807) is 17.0 Å². The Balaban J connectivity index is 1.90. The molecule has 0 aliphatic carbocycles. The lowest BCUT2D eigenvalue weighted by atomic mass is 10.0. The van der Waals surface area contributed by atoms with Crippen LogP contribution in [0.3, 0.4) is 0 Å². The Kier molecular flexibility index (Phi) is 8.46. The minimum atomic E-state index is -0.726. The monoisotopic (exact) mass is 448 g/mol. The molecule has 5 heteroatoms. The van der Waals surface area contributed by atoms with E-state index < -0.39 is 6.04 Å². The molecule has 32 heavy (non-hydrogen) atoms. The van der Waals surface area contributed by atoms with Crippen molar-refractivity contribution in [1.82, 2.24) is 10.2 Å². The van der Waals surface area contributed by atoms with Crippen LogP contribution in [0, 0.1) is 6.92 Å². The molecule has 0 saturated heterocycles. The van der Waals surface area contributed by atoms with Gasteiger partial charge in [-0.15, -0.1) is 0 Å². The third kappa shape index (κ3) is 6.44. The highest BCUT2D eigenvalue weighted by Crippen LogP contribution is 2.25. The number of hydrogen-bond acceptors (Lipinski definition) is 2. The van der Waals surface area contributed by atoms with Gasteiger partial charge in [-0.25, -0.2) is 0 Å². The number of hydrogen-bond donors (Lipinski definition) is 1. The molecule has 2 amide bonds. The number of carbonyl (C=O) groups excluding carboxylic acids is 2. The summed E-state index contributed by atoms with van der Waals surface area (Å²) in [7, 11) is 0. The molecule has 4 nitrogen and oxygen atoms in total. The zero-order valence-electron chi connectivity index (χ0n) is 18.6. The Labute approximate surface area is 195 Å². The molecular weight excluding hydrogens is 420 g/mol. The number of halogens is 1. The van der Waals surface area contributed by atoms with Crippen LogP contribution < -0.4 is 5.32 Å². The van der Waals surface area contributed by atoms with Crippen molar-refractivity contribution in [3.05, 3.63) is 106 Å². The molecule has 166 valence electrons. The van der Waals surface area contributed by atoms with Crippen molar-refractivity contribution in [1.29, 1.82) is 0 Å². The molecule has 0 bridgehead atoms. The third-order valence-corrected chi connectivity index (χ3v) is 5.57. The number of benzene rings is 3. The standard InChI is InChI=1S/C27H29ClN2O2/c1-3-7-25(31)30(19-22-14-16-24(28)17-15-22)26(23-8-5-4-6-9-23)27(32)29-18-21-12-10-20(2)11-13-21/h4-6,8-17,26H,3,7,18-19H2,1-2H3,(H,29,32). The predicted molar refractivity (Wildman–Crippen MR) is 129 cm³/mol. The zero-order chi connectivity index (χ0) is 22.9. The van der Waals surface area contributed by atoms with Crippen molar-refractivity contribution in [2.24, 2.45) is 0 Å². The first kappa shape index (κ1) is 23.6. The van der Waals surface area contributed by atoms with Gasteiger partial charge in [-0.3, -0.25) is 9.59 Å². The molecule has 3 rings (SSSR count). The van der Waals surface area contributed by atoms with Crippen molar-refractivity contribution >= 4 is 23.4 Å². The van der Waals surface area contributed by atoms with Crippen LogP contribution in [0.15, 0.2) is 78.9 Å². The minimum absolute atomic E-state index is 0.0539. The van der Waals surface area contributed by atoms with Gasteiger partial charge in [0.2, 0.25) is 11.8 Å². The van der Waals surface area contributed by atoms with Crippen LogP contribution in [0.25, 0.3) is 0 Å². The molecule has 1 atom stereocenters. The van der Waals surface area contributed by atoms with Crippen LogP contribution in [0.5, 0.6) is 0 Å². The second-order valence-corrected chi connectivity index (χ2v) is 8.35. The van der Waals surface area contributed by atoms with E-state index in [9.17, 15) is 9.59 Å². The van der Waals surface area contributed by atoms with E-state index in [-0.39, 0.29) is 11.8 Å². The van der Waals surface area contributed by atoms with Crippen LogP contribution in [0.1, 0.15) is 48.1 Å². The molecule has 3 aromatic rings. The maximum absolute atomic E-state index is 13.5. The molecule has 3 aromatic carbocycles. The second-order valence-electron chi connectivity index (χ2n) is 7.91. The molecular formula is C27H29ClN2O2. The van der Waals surface area contributed by atoms with Crippen molar-refractivity contribution in [2.75, 3.05) is 0 Å². The van der Waals surface area contributed by atoms with Crippen molar-refractivity contribution in [3.63, 3.8) is 0 Å². The highest BCUT2D eigenvalue weighted by atomic mass is 35.5. The van der Waals surface area contributed by atoms with E-state index in [0.29, 0.717) is 31.0 Å². The first-order chi connectivity index (χ1) is 15.5. The van der Waals surface area contributed by atoms with Crippen molar-refractivity contribution in [2.45, 2.75) is 45.8 Å². The lowest BCUT2D eigenvalue weighted by molar-refractivity contribution is -0.141. The van der Waals surface area contributed by atoms with Gasteiger partial charge in [0.05, 0.1) is 0 Å². The highest BCUT2D eigenvalue weighted by Gasteiger charge is 2.31. The van der Waals surface area contributed by atoms with Gasteiger partial charge in [0.25, 0.3) is 0 Å². The summed E-state index contributed by atoms with van der Waals surface area (Å²) < 4.78 is 0. The number of rotatable bonds is 9. The summed E-state index contributed by atoms with van der Waals surface area (Å²) in [5, 5.41) is 3.67. The van der Waals surface area contributed by atoms with Gasteiger partial charge in [-0.2, -0.15) is 0 Å². The van der Waals surface area contributed by atoms with E-state index in [2.05, 4.69) is 5.32 Å². The van der Waals surface area contributed by atoms with Gasteiger partial charge in [0, 0.05) is 24.5 Å². The van der Waals surface area contributed by atoms with E-state index in [0.717, 1.165) is 16.7 Å². The van der Waals surface area contributed by atoms with Gasteiger partial charge >= 0.3 is 0 Å². The fraction of sp³-hybridized carbons (Fsp3) is 0.259. The lowest BCUT2D eigenvalue weighted by Gasteiger charge is -2.31. The quantitative estimate of drug-likeness (QED) is 0.447. The molecule has 0 saturated carbocycles. The summed E-state index contributed by atoms with van der Waals surface area (Å²) in [5.41, 5.74) is 3.89. The van der Waals surface area contributed by atoms with Crippen LogP contribution in [-0.2, 0) is 22.7 Å². The number of aryl methyl sites for hydroxylation is 1. The van der Waals surface area contributed by atoms with E-state index in [1.807, 2.05) is 80.6 Å². The summed E-state index contributed by atoms with van der Waals surface area (Å²) in [6, 6.07) is 24.2. The van der Waals surface area contributed by atoms with Gasteiger partial charge in [-0.05, 0) is 42.2 Å². The molecule has 0 aliphatic heterocycles. The molecule has 0 spiro atoms. The summed E-state index contributed by atoms with van der Waals surface area (Å²) >= 11 is 6.03. The number of nitrogens with one attached hydrogen (secondary N) is 1. The summed E-state index contributed by atoms with van der Waals surface area (Å²) in [5.74, 6) is -0.253. The predicted octanol–water partition coefficient (Wildman–Crippen LogP) is 5.83. The average Bonchev–Trinajstić information content (AvgIpc) is 2.80. The number of carbonyl (C=O) groups is 2. The number of amides is 2. The minimum Gasteiger partial charge on any atom is -0.350 e. The van der Waals surface area contributed by atoms with Gasteiger partial charge < -0.3 is 10.2 Å². The van der Waals surface area contributed by atoms with Crippen LogP contribution in [-0.4, -0.2) is 16.7 Å². The Bertz CT molecular complexity index is 1020. The maximum Gasteiger partial charge on any atom is 0.247 e. The Morgan fingerprint density at radius 1 is 0.906 bits per heavy atom. The van der Waals surface area contributed by atoms with E-state index >= 15 is 0 Å². The average molecular weight is 449 g/mol. The lowest BCUT2D eigenvalue weighted by Crippen LogP contribution is -2.43. The molecule has 0 heterocycles. The number of nitrogens with zero attached hydrogens (tertiary/aromatic N) is 1. The third-order valence-electron chi connectivity index (χ3n) is 5.31. The van der Waals surface area contributed by atoms with Crippen LogP contribution in [0.4, 0.5) is 0 Å². The fourth-order valence-corrected chi connectivity index (χ4v) is 3.69. The van der Waals surface area contributed by atoms with Gasteiger partial charge in [0.1, 0.15) is 6.04 Å². The first-order valence-corrected chi connectivity index (χ1v) is 11.3. The van der Waals surface area contributed by atoms with Gasteiger partial charge in [-0.1, -0.05) is 90.8 Å². The molecule has 0 aromatic heterocycles. The first-order valence-electron chi connectivity index (χ1n) is 10.9. The normalized spacial score (nSPS) is 11.6. The van der Waals surface area contributed by atoms with Crippen LogP contribution >= 0.6 is 11.6 Å². The SMILES string of the molecule is CCCC(=O)N(Cc1ccc(Cl)cc1)C(C(=O)NCc1ccc(C)cc1)c1ccccc1. The summed E-state index contributed by atoms with van der Waals surface area (Å²) in [6.45, 7) is 4.72.